The third kappa shape index (κ3) is 3.68. The van der Waals surface area contributed by atoms with E-state index in [0.29, 0.717) is 11.3 Å². The predicted molar refractivity (Wildman–Crippen MR) is 75.0 cm³/mol. The first-order valence-electron chi connectivity index (χ1n) is 6.38. The Balaban J connectivity index is 2.05. The van der Waals surface area contributed by atoms with E-state index in [0.717, 1.165) is 19.3 Å². The van der Waals surface area contributed by atoms with Crippen LogP contribution in [0.25, 0.3) is 0 Å². The van der Waals surface area contributed by atoms with Crippen LogP contribution in [0.4, 0.5) is 5.69 Å². The number of benzene rings is 1. The van der Waals surface area contributed by atoms with Gasteiger partial charge in [0.25, 0.3) is 0 Å². The van der Waals surface area contributed by atoms with Gasteiger partial charge in [0.2, 0.25) is 10.0 Å². The van der Waals surface area contributed by atoms with Gasteiger partial charge in [0, 0.05) is 18.8 Å². The summed E-state index contributed by atoms with van der Waals surface area (Å²) in [6.07, 6.45) is 2.68. The molecule has 5 nitrogen and oxygen atoms in total. The Morgan fingerprint density at radius 1 is 1.37 bits per heavy atom. The Hall–Kier alpha value is -1.11. The Morgan fingerprint density at radius 2 is 2.11 bits per heavy atom. The molecule has 19 heavy (non-hydrogen) atoms. The highest BCUT2D eigenvalue weighted by molar-refractivity contribution is 7.88. The van der Waals surface area contributed by atoms with E-state index in [9.17, 15) is 8.42 Å². The second-order valence-electron chi connectivity index (χ2n) is 4.89. The number of para-hydroxylation sites is 1. The van der Waals surface area contributed by atoms with Crippen LogP contribution in [0, 0.1) is 0 Å². The Morgan fingerprint density at radius 3 is 2.79 bits per heavy atom. The largest absolute Gasteiger partial charge is 0.398 e. The molecule has 1 aromatic carbocycles. The van der Waals surface area contributed by atoms with Crippen LogP contribution in [-0.2, 0) is 20.5 Å². The minimum Gasteiger partial charge on any atom is -0.398 e. The number of hydrogen-bond donors (Lipinski definition) is 2. The van der Waals surface area contributed by atoms with E-state index in [2.05, 4.69) is 4.72 Å². The van der Waals surface area contributed by atoms with Crippen molar-refractivity contribution in [3.63, 3.8) is 0 Å². The third-order valence-corrected chi connectivity index (χ3v) is 4.84. The van der Waals surface area contributed by atoms with Crippen LogP contribution in [-0.4, -0.2) is 27.7 Å². The SMILES string of the molecule is COC1CCCC1NS(=O)(=O)Cc1ccccc1N. The number of rotatable bonds is 5. The molecule has 0 aliphatic heterocycles. The second kappa shape index (κ2) is 5.90. The van der Waals surface area contributed by atoms with Gasteiger partial charge >= 0.3 is 0 Å². The average molecular weight is 284 g/mol. The summed E-state index contributed by atoms with van der Waals surface area (Å²) in [5.41, 5.74) is 6.90. The minimum absolute atomic E-state index is 0.0251. The Bertz CT molecular complexity index is 530. The maximum atomic E-state index is 12.1. The van der Waals surface area contributed by atoms with Crippen LogP contribution in [0.2, 0.25) is 0 Å². The summed E-state index contributed by atoms with van der Waals surface area (Å²) < 4.78 is 32.3. The zero-order chi connectivity index (χ0) is 13.9. The maximum Gasteiger partial charge on any atom is 0.216 e. The van der Waals surface area contributed by atoms with Crippen molar-refractivity contribution < 1.29 is 13.2 Å². The van der Waals surface area contributed by atoms with E-state index < -0.39 is 10.0 Å². The van der Waals surface area contributed by atoms with Crippen LogP contribution < -0.4 is 10.5 Å². The highest BCUT2D eigenvalue weighted by atomic mass is 32.2. The van der Waals surface area contributed by atoms with Crippen LogP contribution in [0.1, 0.15) is 24.8 Å². The number of nitrogens with one attached hydrogen (secondary N) is 1. The normalized spacial score (nSPS) is 23.6. The molecule has 1 saturated carbocycles. The molecule has 1 fully saturated rings. The van der Waals surface area contributed by atoms with Crippen molar-refractivity contribution in [3.8, 4) is 0 Å². The number of nitrogens with two attached hydrogens (primary N) is 1. The van der Waals surface area contributed by atoms with Crippen molar-refractivity contribution in [1.29, 1.82) is 0 Å². The lowest BCUT2D eigenvalue weighted by molar-refractivity contribution is 0.0916. The van der Waals surface area contributed by atoms with Crippen LogP contribution >= 0.6 is 0 Å². The van der Waals surface area contributed by atoms with E-state index in [4.69, 9.17) is 10.5 Å². The number of nitrogen functional groups attached to an aromatic ring is 1. The summed E-state index contributed by atoms with van der Waals surface area (Å²) in [7, 11) is -1.78. The Kier molecular flexibility index (Phi) is 4.44. The van der Waals surface area contributed by atoms with Crippen LogP contribution in [0.5, 0.6) is 0 Å². The quantitative estimate of drug-likeness (QED) is 0.797. The molecule has 2 rings (SSSR count). The van der Waals surface area contributed by atoms with Gasteiger partial charge in [-0.3, -0.25) is 0 Å². The van der Waals surface area contributed by atoms with Gasteiger partial charge in [0.05, 0.1) is 11.9 Å². The summed E-state index contributed by atoms with van der Waals surface area (Å²) in [5.74, 6) is -0.0907. The van der Waals surface area contributed by atoms with Gasteiger partial charge < -0.3 is 10.5 Å². The number of sulfonamides is 1. The fourth-order valence-electron chi connectivity index (χ4n) is 2.49. The standard InChI is InChI=1S/C13H20N2O3S/c1-18-13-8-4-7-12(13)15-19(16,17)9-10-5-2-3-6-11(10)14/h2-3,5-6,12-13,15H,4,7-9,14H2,1H3. The number of hydrogen-bond acceptors (Lipinski definition) is 4. The van der Waals surface area contributed by atoms with Gasteiger partial charge in [0.1, 0.15) is 0 Å². The molecule has 0 amide bonds. The van der Waals surface area contributed by atoms with Gasteiger partial charge in [-0.1, -0.05) is 18.2 Å². The lowest BCUT2D eigenvalue weighted by Gasteiger charge is -2.19. The molecule has 0 bridgehead atoms. The summed E-state index contributed by atoms with van der Waals surface area (Å²) in [5, 5.41) is 0. The van der Waals surface area contributed by atoms with E-state index in [1.54, 1.807) is 31.4 Å². The molecule has 0 saturated heterocycles. The monoisotopic (exact) mass is 284 g/mol. The molecule has 0 heterocycles. The molecular weight excluding hydrogens is 264 g/mol. The lowest BCUT2D eigenvalue weighted by atomic mass is 10.2. The summed E-state index contributed by atoms with van der Waals surface area (Å²) in [6.45, 7) is 0. The van der Waals surface area contributed by atoms with E-state index >= 15 is 0 Å². The molecule has 0 aromatic heterocycles. The molecule has 6 heteroatoms. The average Bonchev–Trinajstić information content (AvgIpc) is 2.78. The summed E-state index contributed by atoms with van der Waals surface area (Å²) in [4.78, 5) is 0. The van der Waals surface area contributed by atoms with Crippen molar-refractivity contribution in [2.75, 3.05) is 12.8 Å². The molecule has 1 aliphatic rings. The lowest BCUT2D eigenvalue weighted by Crippen LogP contribution is -2.41. The molecule has 0 radical (unpaired) electrons. The van der Waals surface area contributed by atoms with E-state index in [1.807, 2.05) is 0 Å². The Labute approximate surface area is 114 Å². The van der Waals surface area contributed by atoms with Gasteiger partial charge in [-0.25, -0.2) is 13.1 Å². The van der Waals surface area contributed by atoms with Crippen LogP contribution in [0.15, 0.2) is 24.3 Å². The highest BCUT2D eigenvalue weighted by Gasteiger charge is 2.30. The van der Waals surface area contributed by atoms with Crippen molar-refractivity contribution in [1.82, 2.24) is 4.72 Å². The molecule has 2 unspecified atom stereocenters. The molecule has 106 valence electrons. The van der Waals surface area contributed by atoms with Crippen molar-refractivity contribution in [2.45, 2.75) is 37.2 Å². The summed E-state index contributed by atoms with van der Waals surface area (Å²) >= 11 is 0. The number of anilines is 1. The first-order chi connectivity index (χ1) is 9.02. The molecule has 1 aliphatic carbocycles. The first-order valence-corrected chi connectivity index (χ1v) is 8.03. The number of methoxy groups -OCH3 is 1. The van der Waals surface area contributed by atoms with Crippen molar-refractivity contribution >= 4 is 15.7 Å². The third-order valence-electron chi connectivity index (χ3n) is 3.49. The van der Waals surface area contributed by atoms with Crippen molar-refractivity contribution in [2.24, 2.45) is 0 Å². The minimum atomic E-state index is -3.39. The smallest absolute Gasteiger partial charge is 0.216 e. The van der Waals surface area contributed by atoms with Gasteiger partial charge in [0.15, 0.2) is 0 Å². The zero-order valence-electron chi connectivity index (χ0n) is 11.0. The highest BCUT2D eigenvalue weighted by Crippen LogP contribution is 2.23. The van der Waals surface area contributed by atoms with Gasteiger partial charge in [-0.05, 0) is 30.9 Å². The molecule has 0 spiro atoms. The second-order valence-corrected chi connectivity index (χ2v) is 6.64. The first kappa shape index (κ1) is 14.3. The maximum absolute atomic E-state index is 12.1. The number of ether oxygens (including phenoxy) is 1. The molecule has 3 N–H and O–H groups in total. The van der Waals surface area contributed by atoms with Gasteiger partial charge in [-0.2, -0.15) is 0 Å². The molecule has 1 aromatic rings. The molecular formula is C13H20N2O3S. The molecule has 2 atom stereocenters. The fraction of sp³-hybridized carbons (Fsp3) is 0.538. The van der Waals surface area contributed by atoms with E-state index in [-0.39, 0.29) is 17.9 Å². The van der Waals surface area contributed by atoms with E-state index in [1.165, 1.54) is 0 Å². The fourth-order valence-corrected chi connectivity index (χ4v) is 3.97. The van der Waals surface area contributed by atoms with Crippen molar-refractivity contribution in [3.05, 3.63) is 29.8 Å². The van der Waals surface area contributed by atoms with Gasteiger partial charge in [-0.15, -0.1) is 0 Å². The zero-order valence-corrected chi connectivity index (χ0v) is 11.8. The summed E-state index contributed by atoms with van der Waals surface area (Å²) in [6, 6.07) is 6.89. The topological polar surface area (TPSA) is 81.4 Å². The predicted octanol–water partition coefficient (Wildman–Crippen LogP) is 1.26. The van der Waals surface area contributed by atoms with Crippen LogP contribution in [0.3, 0.4) is 0 Å².